The van der Waals surface area contributed by atoms with Crippen LogP contribution in [-0.4, -0.2) is 29.1 Å². The number of aromatic nitrogens is 2. The van der Waals surface area contributed by atoms with Gasteiger partial charge in [0.05, 0.1) is 6.54 Å². The molecule has 0 saturated carbocycles. The molecular weight excluding hydrogens is 208 g/mol. The van der Waals surface area contributed by atoms with Gasteiger partial charge in [0.15, 0.2) is 5.82 Å². The summed E-state index contributed by atoms with van der Waals surface area (Å²) in [6.45, 7) is 4.94. The van der Waals surface area contributed by atoms with E-state index < -0.39 is 0 Å². The molecule has 88 valence electrons. The van der Waals surface area contributed by atoms with Gasteiger partial charge in [-0.05, 0) is 6.42 Å². The molecule has 2 rings (SSSR count). The van der Waals surface area contributed by atoms with Gasteiger partial charge in [-0.2, -0.15) is 4.98 Å². The summed E-state index contributed by atoms with van der Waals surface area (Å²) in [6.07, 6.45) is 0.980. The lowest BCUT2D eigenvalue weighted by atomic mass is 10.1. The van der Waals surface area contributed by atoms with Crippen LogP contribution in [0.1, 0.15) is 43.9 Å². The molecule has 0 spiro atoms. The first-order chi connectivity index (χ1) is 7.70. The molecule has 0 radical (unpaired) electrons. The van der Waals surface area contributed by atoms with Crippen LogP contribution in [0.25, 0.3) is 0 Å². The third-order valence-corrected chi connectivity index (χ3v) is 2.82. The monoisotopic (exact) mass is 224 g/mol. The molecule has 0 aromatic carbocycles. The Kier molecular flexibility index (Phi) is 3.19. The highest BCUT2D eigenvalue weighted by atomic mass is 16.5. The van der Waals surface area contributed by atoms with Crippen LogP contribution in [0.4, 0.5) is 0 Å². The molecule has 6 heteroatoms. The first-order valence-electron chi connectivity index (χ1n) is 5.54. The molecule has 0 aliphatic carbocycles. The van der Waals surface area contributed by atoms with Crippen molar-refractivity contribution in [3.63, 3.8) is 0 Å². The molecule has 1 amide bonds. The van der Waals surface area contributed by atoms with E-state index in [9.17, 15) is 4.79 Å². The fourth-order valence-corrected chi connectivity index (χ4v) is 1.51. The number of piperazine rings is 1. The van der Waals surface area contributed by atoms with E-state index in [0.717, 1.165) is 12.2 Å². The van der Waals surface area contributed by atoms with Gasteiger partial charge in [-0.15, -0.1) is 0 Å². The van der Waals surface area contributed by atoms with Crippen LogP contribution in [0, 0.1) is 0 Å². The van der Waals surface area contributed by atoms with Crippen molar-refractivity contribution in [1.82, 2.24) is 20.8 Å². The van der Waals surface area contributed by atoms with Gasteiger partial charge in [-0.3, -0.25) is 10.1 Å². The number of carbonyl (C=O) groups is 1. The van der Waals surface area contributed by atoms with Crippen LogP contribution < -0.4 is 10.6 Å². The topological polar surface area (TPSA) is 80.0 Å². The highest BCUT2D eigenvalue weighted by Crippen LogP contribution is 2.18. The van der Waals surface area contributed by atoms with Crippen LogP contribution >= 0.6 is 0 Å². The molecule has 0 bridgehead atoms. The first kappa shape index (κ1) is 11.1. The lowest BCUT2D eigenvalue weighted by molar-refractivity contribution is -0.121. The zero-order chi connectivity index (χ0) is 11.5. The van der Waals surface area contributed by atoms with Crippen LogP contribution in [0.5, 0.6) is 0 Å². The van der Waals surface area contributed by atoms with Gasteiger partial charge in [-0.1, -0.05) is 19.0 Å². The number of nitrogens with one attached hydrogen (secondary N) is 2. The Labute approximate surface area is 93.8 Å². The molecule has 1 saturated heterocycles. The third kappa shape index (κ3) is 2.21. The summed E-state index contributed by atoms with van der Waals surface area (Å²) < 4.78 is 5.19. The zero-order valence-corrected chi connectivity index (χ0v) is 9.49. The van der Waals surface area contributed by atoms with Crippen molar-refractivity contribution in [3.05, 3.63) is 11.7 Å². The predicted octanol–water partition coefficient (Wildman–Crippen LogP) is 0.344. The van der Waals surface area contributed by atoms with Crippen molar-refractivity contribution in [3.8, 4) is 0 Å². The second-order valence-corrected chi connectivity index (χ2v) is 4.04. The van der Waals surface area contributed by atoms with Gasteiger partial charge in [0.2, 0.25) is 11.8 Å². The van der Waals surface area contributed by atoms with Crippen molar-refractivity contribution in [2.75, 3.05) is 13.1 Å². The normalized spacial score (nSPS) is 22.9. The van der Waals surface area contributed by atoms with E-state index in [1.54, 1.807) is 0 Å². The third-order valence-electron chi connectivity index (χ3n) is 2.82. The van der Waals surface area contributed by atoms with Gasteiger partial charge in [0.25, 0.3) is 0 Å². The Bertz CT molecular complexity index is 367. The molecule has 2 N–H and O–H groups in total. The van der Waals surface area contributed by atoms with E-state index in [1.807, 2.05) is 0 Å². The van der Waals surface area contributed by atoms with Crippen LogP contribution in [0.15, 0.2) is 4.52 Å². The molecule has 6 nitrogen and oxygen atoms in total. The molecule has 2 heterocycles. The highest BCUT2D eigenvalue weighted by Gasteiger charge is 2.24. The minimum atomic E-state index is -0.0667. The van der Waals surface area contributed by atoms with Crippen LogP contribution in [0.3, 0.4) is 0 Å². The Morgan fingerprint density at radius 2 is 2.44 bits per heavy atom. The maximum atomic E-state index is 11.0. The number of hydrogen-bond acceptors (Lipinski definition) is 5. The number of rotatable bonds is 3. The van der Waals surface area contributed by atoms with E-state index in [4.69, 9.17) is 4.52 Å². The van der Waals surface area contributed by atoms with Crippen LogP contribution in [-0.2, 0) is 4.79 Å². The van der Waals surface area contributed by atoms with E-state index in [-0.39, 0.29) is 11.9 Å². The largest absolute Gasteiger partial charge is 0.353 e. The Morgan fingerprint density at radius 3 is 3.06 bits per heavy atom. The molecule has 1 aromatic rings. The van der Waals surface area contributed by atoms with Crippen molar-refractivity contribution >= 4 is 5.91 Å². The summed E-state index contributed by atoms with van der Waals surface area (Å²) >= 11 is 0. The van der Waals surface area contributed by atoms with Gasteiger partial charge in [0.1, 0.15) is 6.04 Å². The zero-order valence-electron chi connectivity index (χ0n) is 9.49. The number of hydrogen-bond donors (Lipinski definition) is 2. The van der Waals surface area contributed by atoms with Crippen molar-refractivity contribution in [2.45, 2.75) is 32.2 Å². The minimum Gasteiger partial charge on any atom is -0.353 e. The summed E-state index contributed by atoms with van der Waals surface area (Å²) in [5.74, 6) is 1.58. The van der Waals surface area contributed by atoms with E-state index in [2.05, 4.69) is 34.6 Å². The van der Waals surface area contributed by atoms with Crippen LogP contribution in [0.2, 0.25) is 0 Å². The molecule has 1 aliphatic rings. The fourth-order valence-electron chi connectivity index (χ4n) is 1.51. The van der Waals surface area contributed by atoms with Crippen molar-refractivity contribution in [2.24, 2.45) is 0 Å². The van der Waals surface area contributed by atoms with Gasteiger partial charge in [0, 0.05) is 12.5 Å². The smallest absolute Gasteiger partial charge is 0.245 e. The average Bonchev–Trinajstić information content (AvgIpc) is 2.78. The van der Waals surface area contributed by atoms with Gasteiger partial charge < -0.3 is 9.84 Å². The lowest BCUT2D eigenvalue weighted by Gasteiger charge is -2.20. The summed E-state index contributed by atoms with van der Waals surface area (Å²) in [5.41, 5.74) is 0. The van der Waals surface area contributed by atoms with E-state index >= 15 is 0 Å². The quantitative estimate of drug-likeness (QED) is 0.774. The summed E-state index contributed by atoms with van der Waals surface area (Å²) in [5, 5.41) is 9.74. The minimum absolute atomic E-state index is 0.00193. The Hall–Kier alpha value is -1.43. The summed E-state index contributed by atoms with van der Waals surface area (Å²) in [6, 6.07) is -0.0667. The molecular formula is C10H16N4O2. The first-order valence-corrected chi connectivity index (χ1v) is 5.54. The maximum Gasteiger partial charge on any atom is 0.245 e. The molecule has 1 aliphatic heterocycles. The standard InChI is InChI=1S/C10H16N4O2/c1-3-6(2)9-13-10(16-14-9)7-4-12-8(15)5-11-7/h6-7,11H,3-5H2,1-2H3,(H,12,15). The highest BCUT2D eigenvalue weighted by molar-refractivity contribution is 5.78. The average molecular weight is 224 g/mol. The van der Waals surface area contributed by atoms with Gasteiger partial charge in [-0.25, -0.2) is 0 Å². The van der Waals surface area contributed by atoms with Gasteiger partial charge >= 0.3 is 0 Å². The Balaban J connectivity index is 2.04. The molecule has 1 aromatic heterocycles. The van der Waals surface area contributed by atoms with E-state index in [0.29, 0.717) is 24.9 Å². The molecule has 2 atom stereocenters. The summed E-state index contributed by atoms with van der Waals surface area (Å²) in [4.78, 5) is 15.3. The number of amides is 1. The summed E-state index contributed by atoms with van der Waals surface area (Å²) in [7, 11) is 0. The Morgan fingerprint density at radius 1 is 1.62 bits per heavy atom. The second-order valence-electron chi connectivity index (χ2n) is 4.04. The lowest BCUT2D eigenvalue weighted by Crippen LogP contribution is -2.47. The van der Waals surface area contributed by atoms with Crippen molar-refractivity contribution < 1.29 is 9.32 Å². The predicted molar refractivity (Wildman–Crippen MR) is 56.8 cm³/mol. The number of carbonyl (C=O) groups excluding carboxylic acids is 1. The SMILES string of the molecule is CCC(C)c1noc(C2CNC(=O)CN2)n1. The van der Waals surface area contributed by atoms with Crippen molar-refractivity contribution in [1.29, 1.82) is 0 Å². The molecule has 2 unspecified atom stereocenters. The molecule has 16 heavy (non-hydrogen) atoms. The second kappa shape index (κ2) is 4.61. The van der Waals surface area contributed by atoms with E-state index in [1.165, 1.54) is 0 Å². The molecule has 1 fully saturated rings. The number of nitrogens with zero attached hydrogens (tertiary/aromatic N) is 2. The maximum absolute atomic E-state index is 11.0. The fraction of sp³-hybridized carbons (Fsp3) is 0.700.